The Morgan fingerprint density at radius 3 is 2.85 bits per heavy atom. The first-order valence-corrected chi connectivity index (χ1v) is 11.4. The van der Waals surface area contributed by atoms with E-state index in [0.717, 1.165) is 29.3 Å². The van der Waals surface area contributed by atoms with Crippen molar-refractivity contribution in [2.45, 2.75) is 59.2 Å². The number of nitrogens with zero attached hydrogens (tertiary/aromatic N) is 5. The number of hydrogen-bond acceptors (Lipinski definition) is 8. The summed E-state index contributed by atoms with van der Waals surface area (Å²) < 4.78 is 6.51. The smallest absolute Gasteiger partial charge is 0.327 e. The van der Waals surface area contributed by atoms with E-state index >= 15 is 0 Å². The average Bonchev–Trinajstić information content (AvgIpc) is 3.23. The minimum Gasteiger partial charge on any atom is -0.465 e. The number of carbonyl (C=O) groups is 1. The Morgan fingerprint density at radius 1 is 1.30 bits per heavy atom. The summed E-state index contributed by atoms with van der Waals surface area (Å²) in [6, 6.07) is 7.58. The van der Waals surface area contributed by atoms with E-state index in [1.54, 1.807) is 6.92 Å². The minimum atomic E-state index is -0.412. The van der Waals surface area contributed by atoms with E-state index in [9.17, 15) is 14.7 Å². The van der Waals surface area contributed by atoms with Crippen molar-refractivity contribution in [3.63, 3.8) is 0 Å². The summed E-state index contributed by atoms with van der Waals surface area (Å²) in [6.45, 7) is 6.94. The molecule has 0 radical (unpaired) electrons. The number of rotatable bonds is 12. The molecular formula is C23H32N6O4. The number of ether oxygens (including phenoxy) is 1. The third-order valence-electron chi connectivity index (χ3n) is 5.50. The van der Waals surface area contributed by atoms with Crippen LogP contribution < -0.4 is 5.56 Å². The van der Waals surface area contributed by atoms with Gasteiger partial charge < -0.3 is 14.8 Å². The predicted octanol–water partition coefficient (Wildman–Crippen LogP) is 2.11. The van der Waals surface area contributed by atoms with Crippen molar-refractivity contribution >= 4 is 16.9 Å². The molecule has 0 saturated carbocycles. The first-order chi connectivity index (χ1) is 16.0. The van der Waals surface area contributed by atoms with Gasteiger partial charge in [-0.05, 0) is 60.7 Å². The number of aryl methyl sites for hydroxylation is 1. The Labute approximate surface area is 192 Å². The second-order valence-corrected chi connectivity index (χ2v) is 8.07. The predicted molar refractivity (Wildman–Crippen MR) is 124 cm³/mol. The van der Waals surface area contributed by atoms with Gasteiger partial charge in [-0.15, -0.1) is 5.10 Å². The zero-order chi connectivity index (χ0) is 23.8. The molecular weight excluding hydrogens is 424 g/mol. The van der Waals surface area contributed by atoms with Gasteiger partial charge in [-0.2, -0.15) is 0 Å². The molecule has 178 valence electrons. The fourth-order valence-corrected chi connectivity index (χ4v) is 3.97. The van der Waals surface area contributed by atoms with Crippen LogP contribution in [0.25, 0.3) is 10.9 Å². The van der Waals surface area contributed by atoms with E-state index in [1.165, 1.54) is 4.68 Å². The normalized spacial score (nSPS) is 12.4. The summed E-state index contributed by atoms with van der Waals surface area (Å²) >= 11 is 0. The fraction of sp³-hybridized carbons (Fsp3) is 0.522. The lowest BCUT2D eigenvalue weighted by Gasteiger charge is -2.30. The molecule has 10 heteroatoms. The Morgan fingerprint density at radius 2 is 2.12 bits per heavy atom. The second kappa shape index (κ2) is 11.7. The van der Waals surface area contributed by atoms with Crippen LogP contribution in [0.3, 0.4) is 0 Å². The van der Waals surface area contributed by atoms with Crippen LogP contribution in [0.15, 0.2) is 29.1 Å². The van der Waals surface area contributed by atoms with Gasteiger partial charge in [-0.25, -0.2) is 4.68 Å². The van der Waals surface area contributed by atoms with Crippen LogP contribution in [0.2, 0.25) is 0 Å². The van der Waals surface area contributed by atoms with Gasteiger partial charge in [0.1, 0.15) is 6.54 Å². The number of nitrogens with one attached hydrogen (secondary N) is 1. The SMILES string of the molecule is CCC[C@H](c1nnnn1CC(=O)OCC)N(CCCO)Cc1cc2cc(C)ccc2[nH]c1=O. The molecule has 0 bridgehead atoms. The molecule has 10 nitrogen and oxygen atoms in total. The van der Waals surface area contributed by atoms with E-state index in [0.29, 0.717) is 30.9 Å². The van der Waals surface area contributed by atoms with E-state index in [-0.39, 0.29) is 31.4 Å². The van der Waals surface area contributed by atoms with Crippen LogP contribution in [0.4, 0.5) is 0 Å². The summed E-state index contributed by atoms with van der Waals surface area (Å²) in [7, 11) is 0. The average molecular weight is 457 g/mol. The van der Waals surface area contributed by atoms with Crippen molar-refractivity contribution in [2.75, 3.05) is 19.8 Å². The highest BCUT2D eigenvalue weighted by Gasteiger charge is 2.27. The maximum Gasteiger partial charge on any atom is 0.327 e. The van der Waals surface area contributed by atoms with Crippen molar-refractivity contribution < 1.29 is 14.6 Å². The molecule has 0 amide bonds. The van der Waals surface area contributed by atoms with Crippen molar-refractivity contribution in [3.8, 4) is 0 Å². The van der Waals surface area contributed by atoms with Gasteiger partial charge in [0.25, 0.3) is 5.56 Å². The maximum absolute atomic E-state index is 12.8. The van der Waals surface area contributed by atoms with Crippen LogP contribution in [-0.2, 0) is 22.6 Å². The molecule has 2 heterocycles. The van der Waals surface area contributed by atoms with Crippen LogP contribution in [0.5, 0.6) is 0 Å². The number of aromatic nitrogens is 5. The molecule has 0 spiro atoms. The number of aliphatic hydroxyl groups excluding tert-OH is 1. The number of tetrazole rings is 1. The molecule has 0 saturated heterocycles. The minimum absolute atomic E-state index is 0.0242. The van der Waals surface area contributed by atoms with Crippen LogP contribution in [0.1, 0.15) is 56.1 Å². The van der Waals surface area contributed by atoms with Gasteiger partial charge in [0, 0.05) is 30.8 Å². The number of benzene rings is 1. The van der Waals surface area contributed by atoms with Gasteiger partial charge in [0.2, 0.25) is 0 Å². The van der Waals surface area contributed by atoms with Crippen molar-refractivity contribution in [2.24, 2.45) is 0 Å². The summed E-state index contributed by atoms with van der Waals surface area (Å²) in [6.07, 6.45) is 2.10. The van der Waals surface area contributed by atoms with E-state index in [2.05, 4.69) is 32.3 Å². The zero-order valence-corrected chi connectivity index (χ0v) is 19.5. The van der Waals surface area contributed by atoms with E-state index in [4.69, 9.17) is 4.74 Å². The second-order valence-electron chi connectivity index (χ2n) is 8.07. The molecule has 1 aromatic carbocycles. The van der Waals surface area contributed by atoms with Gasteiger partial charge in [0.15, 0.2) is 5.82 Å². The van der Waals surface area contributed by atoms with Gasteiger partial charge in [-0.1, -0.05) is 25.0 Å². The number of aliphatic hydroxyl groups is 1. The number of pyridine rings is 1. The molecule has 1 atom stereocenters. The molecule has 3 aromatic rings. The zero-order valence-electron chi connectivity index (χ0n) is 19.5. The molecule has 0 aliphatic rings. The standard InChI is InChI=1S/C23H32N6O4/c1-4-7-20(22-25-26-27-29(22)15-21(31)33-5-2)28(10-6-11-30)14-18-13-17-12-16(3)8-9-19(17)24-23(18)32/h8-9,12-13,20,30H,4-7,10-11,14-15H2,1-3H3,(H,24,32)/t20-/m1/s1. The molecule has 0 fully saturated rings. The topological polar surface area (TPSA) is 126 Å². The lowest BCUT2D eigenvalue weighted by atomic mass is 10.1. The third-order valence-corrected chi connectivity index (χ3v) is 5.50. The highest BCUT2D eigenvalue weighted by atomic mass is 16.5. The van der Waals surface area contributed by atoms with Gasteiger partial charge in [-0.3, -0.25) is 14.5 Å². The van der Waals surface area contributed by atoms with Crippen molar-refractivity contribution in [1.82, 2.24) is 30.1 Å². The molecule has 2 aromatic heterocycles. The van der Waals surface area contributed by atoms with E-state index < -0.39 is 5.97 Å². The Hall–Kier alpha value is -3.11. The summed E-state index contributed by atoms with van der Waals surface area (Å²) in [5, 5.41) is 22.4. The number of esters is 1. The lowest BCUT2D eigenvalue weighted by Crippen LogP contribution is -2.34. The summed E-state index contributed by atoms with van der Waals surface area (Å²) in [5.74, 6) is 0.125. The number of H-pyrrole nitrogens is 1. The van der Waals surface area contributed by atoms with Crippen LogP contribution in [-0.4, -0.2) is 60.9 Å². The van der Waals surface area contributed by atoms with Gasteiger partial charge in [0.05, 0.1) is 12.6 Å². The lowest BCUT2D eigenvalue weighted by molar-refractivity contribution is -0.144. The van der Waals surface area contributed by atoms with Crippen LogP contribution in [0, 0.1) is 6.92 Å². The molecule has 0 unspecified atom stereocenters. The summed E-state index contributed by atoms with van der Waals surface area (Å²) in [4.78, 5) is 29.9. The quantitative estimate of drug-likeness (QED) is 0.397. The fourth-order valence-electron chi connectivity index (χ4n) is 3.97. The molecule has 33 heavy (non-hydrogen) atoms. The largest absolute Gasteiger partial charge is 0.465 e. The first-order valence-electron chi connectivity index (χ1n) is 11.4. The highest BCUT2D eigenvalue weighted by molar-refractivity contribution is 5.79. The van der Waals surface area contributed by atoms with Gasteiger partial charge >= 0.3 is 5.97 Å². The number of carbonyl (C=O) groups excluding carboxylic acids is 1. The number of hydrogen-bond donors (Lipinski definition) is 2. The Kier molecular flexibility index (Phi) is 8.67. The molecule has 0 aliphatic carbocycles. The molecule has 0 aliphatic heterocycles. The highest BCUT2D eigenvalue weighted by Crippen LogP contribution is 2.26. The monoisotopic (exact) mass is 456 g/mol. The van der Waals surface area contributed by atoms with Crippen molar-refractivity contribution in [1.29, 1.82) is 0 Å². The Balaban J connectivity index is 1.96. The Bertz CT molecular complexity index is 1130. The summed E-state index contributed by atoms with van der Waals surface area (Å²) in [5.41, 5.74) is 2.37. The third kappa shape index (κ3) is 6.23. The molecule has 2 N–H and O–H groups in total. The first kappa shape index (κ1) is 24.5. The van der Waals surface area contributed by atoms with Crippen molar-refractivity contribution in [3.05, 3.63) is 51.6 Å². The number of fused-ring (bicyclic) bond motifs is 1. The number of aromatic amines is 1. The van der Waals surface area contributed by atoms with Crippen LogP contribution >= 0.6 is 0 Å². The molecule has 3 rings (SSSR count). The maximum atomic E-state index is 12.8. The van der Waals surface area contributed by atoms with E-state index in [1.807, 2.05) is 31.2 Å².